The first-order valence-electron chi connectivity index (χ1n) is 13.0. The van der Waals surface area contributed by atoms with Crippen molar-refractivity contribution in [1.29, 1.82) is 0 Å². The first-order valence-corrected chi connectivity index (χ1v) is 13.0. The second kappa shape index (κ2) is 14.1. The third-order valence-corrected chi connectivity index (χ3v) is 5.86. The quantitative estimate of drug-likeness (QED) is 0.361. The van der Waals surface area contributed by atoms with E-state index in [1.807, 2.05) is 38.1 Å². The number of anilines is 1. The molecular weight excluding hydrogens is 496 g/mol. The van der Waals surface area contributed by atoms with Gasteiger partial charge < -0.3 is 26.0 Å². The summed E-state index contributed by atoms with van der Waals surface area (Å²) in [5, 5.41) is 5.43. The van der Waals surface area contributed by atoms with E-state index in [0.29, 0.717) is 17.7 Å². The molecule has 2 atom stereocenters. The van der Waals surface area contributed by atoms with Crippen LogP contribution in [0.4, 0.5) is 10.5 Å². The van der Waals surface area contributed by atoms with Gasteiger partial charge in [-0.2, -0.15) is 0 Å². The number of carbonyl (C=O) groups excluding carboxylic acids is 4. The van der Waals surface area contributed by atoms with E-state index in [0.717, 1.165) is 17.5 Å². The zero-order chi connectivity index (χ0) is 29.2. The Balaban J connectivity index is 2.58. The van der Waals surface area contributed by atoms with Crippen LogP contribution in [0.1, 0.15) is 69.7 Å². The number of unbranched alkanes of at least 4 members (excludes halogenated alkanes) is 1. The summed E-state index contributed by atoms with van der Waals surface area (Å²) < 4.78 is 5.31. The molecule has 0 spiro atoms. The van der Waals surface area contributed by atoms with Crippen LogP contribution in [0.25, 0.3) is 6.08 Å². The van der Waals surface area contributed by atoms with E-state index >= 15 is 0 Å². The summed E-state index contributed by atoms with van der Waals surface area (Å²) >= 11 is 0. The Morgan fingerprint density at radius 2 is 1.79 bits per heavy atom. The molecule has 210 valence electrons. The van der Waals surface area contributed by atoms with Gasteiger partial charge in [0, 0.05) is 12.2 Å². The predicted octanol–water partition coefficient (Wildman–Crippen LogP) is 4.72. The Kier molecular flexibility index (Phi) is 11.3. The van der Waals surface area contributed by atoms with Gasteiger partial charge in [0.1, 0.15) is 17.7 Å². The molecular formula is C30H40N4O5. The molecule has 4 N–H and O–H groups in total. The number of aryl methyl sites for hydroxylation is 1. The maximum Gasteiger partial charge on any atom is 0.408 e. The number of benzene rings is 2. The molecule has 0 heterocycles. The molecule has 0 saturated carbocycles. The summed E-state index contributed by atoms with van der Waals surface area (Å²) in [6.45, 7) is 12.9. The number of hydrogen-bond acceptors (Lipinski definition) is 5. The van der Waals surface area contributed by atoms with E-state index < -0.39 is 47.9 Å². The van der Waals surface area contributed by atoms with Crippen LogP contribution in [0, 0.1) is 6.92 Å². The van der Waals surface area contributed by atoms with E-state index in [2.05, 4.69) is 17.2 Å². The Labute approximate surface area is 230 Å². The van der Waals surface area contributed by atoms with Crippen LogP contribution in [0.5, 0.6) is 0 Å². The van der Waals surface area contributed by atoms with Gasteiger partial charge in [0.15, 0.2) is 0 Å². The topological polar surface area (TPSA) is 131 Å². The molecule has 2 unspecified atom stereocenters. The number of nitrogens with zero attached hydrogens (tertiary/aromatic N) is 1. The molecule has 0 aliphatic rings. The summed E-state index contributed by atoms with van der Waals surface area (Å²) in [5.74, 6) is -1.85. The molecule has 0 bridgehead atoms. The monoisotopic (exact) mass is 536 g/mol. The lowest BCUT2D eigenvalue weighted by molar-refractivity contribution is -0.142. The van der Waals surface area contributed by atoms with Gasteiger partial charge >= 0.3 is 6.09 Å². The van der Waals surface area contributed by atoms with Gasteiger partial charge in [-0.25, -0.2) is 4.79 Å². The molecule has 2 aromatic carbocycles. The molecule has 0 fully saturated rings. The Morgan fingerprint density at radius 3 is 2.38 bits per heavy atom. The third-order valence-electron chi connectivity index (χ3n) is 5.86. The SMILES string of the molecule is C=Cc1cccc(C(C(=O)Nc2ccccc2C)N(CCCC)C(=O)C(CC(N)=O)NC(=O)OC(C)(C)C)c1. The van der Waals surface area contributed by atoms with Gasteiger partial charge in [0.05, 0.1) is 6.42 Å². The maximum atomic E-state index is 14.0. The van der Waals surface area contributed by atoms with E-state index in [-0.39, 0.29) is 6.54 Å². The zero-order valence-corrected chi connectivity index (χ0v) is 23.5. The molecule has 0 saturated heterocycles. The van der Waals surface area contributed by atoms with E-state index in [1.54, 1.807) is 51.1 Å². The van der Waals surface area contributed by atoms with E-state index in [4.69, 9.17) is 10.5 Å². The minimum atomic E-state index is -1.33. The molecule has 39 heavy (non-hydrogen) atoms. The number of carbonyl (C=O) groups is 4. The smallest absolute Gasteiger partial charge is 0.408 e. The number of rotatable bonds is 12. The summed E-state index contributed by atoms with van der Waals surface area (Å²) in [6.07, 6.45) is 1.64. The number of hydrogen-bond donors (Lipinski definition) is 3. The van der Waals surface area contributed by atoms with Crippen molar-refractivity contribution in [2.75, 3.05) is 11.9 Å². The number of nitrogens with two attached hydrogens (primary N) is 1. The Morgan fingerprint density at radius 1 is 1.10 bits per heavy atom. The van der Waals surface area contributed by atoms with Crippen molar-refractivity contribution in [1.82, 2.24) is 10.2 Å². The molecule has 9 heteroatoms. The Bertz CT molecular complexity index is 1190. The standard InChI is InChI=1S/C30H40N4O5/c1-7-9-17-34(28(37)24(19-25(31)35)33-29(38)39-30(4,5)6)26(22-15-12-14-21(8-2)18-22)27(36)32-23-16-11-10-13-20(23)3/h8,10-16,18,24,26H,2,7,9,17,19H2,1,3-6H3,(H2,31,35)(H,32,36)(H,33,38). The van der Waals surface area contributed by atoms with Gasteiger partial charge in [-0.1, -0.05) is 62.4 Å². The highest BCUT2D eigenvalue weighted by Gasteiger charge is 2.37. The molecule has 2 rings (SSSR count). The molecule has 0 aromatic heterocycles. The number of amides is 4. The normalized spacial score (nSPS) is 12.5. The highest BCUT2D eigenvalue weighted by molar-refractivity contribution is 6.00. The molecule has 2 aromatic rings. The van der Waals surface area contributed by atoms with Crippen molar-refractivity contribution >= 4 is 35.6 Å². The van der Waals surface area contributed by atoms with Gasteiger partial charge in [0.25, 0.3) is 5.91 Å². The second-order valence-electron chi connectivity index (χ2n) is 10.3. The average Bonchev–Trinajstić information content (AvgIpc) is 2.85. The first-order chi connectivity index (χ1) is 18.4. The lowest BCUT2D eigenvalue weighted by Crippen LogP contribution is -2.53. The first kappa shape index (κ1) is 31.1. The fourth-order valence-electron chi connectivity index (χ4n) is 3.99. The van der Waals surface area contributed by atoms with Crippen LogP contribution in [0.15, 0.2) is 55.1 Å². The maximum absolute atomic E-state index is 14.0. The molecule has 0 radical (unpaired) electrons. The van der Waals surface area contributed by atoms with Crippen LogP contribution in [-0.4, -0.2) is 46.9 Å². The summed E-state index contributed by atoms with van der Waals surface area (Å²) in [4.78, 5) is 53.8. The van der Waals surface area contributed by atoms with Crippen LogP contribution in [-0.2, 0) is 19.1 Å². The number of para-hydroxylation sites is 1. The van der Waals surface area contributed by atoms with Crippen molar-refractivity contribution in [3.8, 4) is 0 Å². The van der Waals surface area contributed by atoms with Crippen molar-refractivity contribution < 1.29 is 23.9 Å². The van der Waals surface area contributed by atoms with Crippen molar-refractivity contribution in [2.45, 2.75) is 71.6 Å². The fourth-order valence-corrected chi connectivity index (χ4v) is 3.99. The van der Waals surface area contributed by atoms with Gasteiger partial charge in [0.2, 0.25) is 11.8 Å². The summed E-state index contributed by atoms with van der Waals surface area (Å²) in [7, 11) is 0. The lowest BCUT2D eigenvalue weighted by Gasteiger charge is -2.34. The largest absolute Gasteiger partial charge is 0.444 e. The summed E-state index contributed by atoms with van der Waals surface area (Å²) in [6, 6.07) is 12.1. The van der Waals surface area contributed by atoms with Gasteiger partial charge in [-0.15, -0.1) is 0 Å². The van der Waals surface area contributed by atoms with E-state index in [9.17, 15) is 19.2 Å². The molecule has 4 amide bonds. The van der Waals surface area contributed by atoms with Crippen LogP contribution < -0.4 is 16.4 Å². The molecule has 0 aliphatic heterocycles. The van der Waals surface area contributed by atoms with Crippen LogP contribution >= 0.6 is 0 Å². The number of ether oxygens (including phenoxy) is 1. The van der Waals surface area contributed by atoms with Crippen LogP contribution in [0.3, 0.4) is 0 Å². The Hall–Kier alpha value is -4.14. The van der Waals surface area contributed by atoms with Gasteiger partial charge in [-0.3, -0.25) is 14.4 Å². The van der Waals surface area contributed by atoms with Crippen molar-refractivity contribution in [3.63, 3.8) is 0 Å². The lowest BCUT2D eigenvalue weighted by atomic mass is 9.99. The number of alkyl carbamates (subject to hydrolysis) is 1. The summed E-state index contributed by atoms with van der Waals surface area (Å²) in [5.41, 5.74) is 7.40. The molecule has 9 nitrogen and oxygen atoms in total. The minimum Gasteiger partial charge on any atom is -0.444 e. The highest BCUT2D eigenvalue weighted by atomic mass is 16.6. The van der Waals surface area contributed by atoms with Gasteiger partial charge in [-0.05, 0) is 62.9 Å². The zero-order valence-electron chi connectivity index (χ0n) is 23.5. The van der Waals surface area contributed by atoms with Crippen molar-refractivity contribution in [2.24, 2.45) is 5.73 Å². The minimum absolute atomic E-state index is 0.199. The molecule has 0 aliphatic carbocycles. The second-order valence-corrected chi connectivity index (χ2v) is 10.3. The highest BCUT2D eigenvalue weighted by Crippen LogP contribution is 2.27. The predicted molar refractivity (Wildman–Crippen MR) is 153 cm³/mol. The van der Waals surface area contributed by atoms with Crippen molar-refractivity contribution in [3.05, 3.63) is 71.8 Å². The number of nitrogens with one attached hydrogen (secondary N) is 2. The third kappa shape index (κ3) is 9.59. The average molecular weight is 537 g/mol. The van der Waals surface area contributed by atoms with E-state index in [1.165, 1.54) is 4.90 Å². The fraction of sp³-hybridized carbons (Fsp3) is 0.400. The number of primary amides is 1. The van der Waals surface area contributed by atoms with Crippen LogP contribution in [0.2, 0.25) is 0 Å².